The number of hydrogen-bond donors (Lipinski definition) is 1. The summed E-state index contributed by atoms with van der Waals surface area (Å²) in [5.41, 5.74) is 0. The Bertz CT molecular complexity index is 398. The molecule has 1 aromatic rings. The van der Waals surface area contributed by atoms with Crippen LogP contribution in [0, 0.1) is 0 Å². The van der Waals surface area contributed by atoms with Crippen LogP contribution >= 0.6 is 11.5 Å². The molecule has 18 heavy (non-hydrogen) atoms. The van der Waals surface area contributed by atoms with E-state index in [0.717, 1.165) is 25.9 Å². The molecule has 1 aliphatic heterocycles. The topological polar surface area (TPSA) is 58.1 Å². The third-order valence-corrected chi connectivity index (χ3v) is 4.30. The largest absolute Gasteiger partial charge is 0.333 e. The standard InChI is InChI=1S/C12H18N4OS/c17-12(11-7-14-15-18-11)16(10-4-5-10)8-9-3-1-2-6-13-9/h7,9-10,13H,1-6,8H2. The molecule has 1 saturated carbocycles. The van der Waals surface area contributed by atoms with E-state index in [-0.39, 0.29) is 5.91 Å². The summed E-state index contributed by atoms with van der Waals surface area (Å²) in [6.45, 7) is 1.92. The molecule has 0 bridgehead atoms. The van der Waals surface area contributed by atoms with Gasteiger partial charge in [0.05, 0.1) is 6.20 Å². The Labute approximate surface area is 111 Å². The van der Waals surface area contributed by atoms with E-state index in [4.69, 9.17) is 0 Å². The zero-order valence-electron chi connectivity index (χ0n) is 10.3. The van der Waals surface area contributed by atoms with Crippen LogP contribution in [-0.4, -0.2) is 45.6 Å². The van der Waals surface area contributed by atoms with Crippen molar-refractivity contribution in [1.29, 1.82) is 0 Å². The molecule has 1 amide bonds. The number of aromatic nitrogens is 2. The summed E-state index contributed by atoms with van der Waals surface area (Å²) < 4.78 is 3.78. The molecular formula is C12H18N4OS. The van der Waals surface area contributed by atoms with E-state index < -0.39 is 0 Å². The molecule has 0 aromatic carbocycles. The second-order valence-electron chi connectivity index (χ2n) is 5.12. The number of piperidine rings is 1. The van der Waals surface area contributed by atoms with Gasteiger partial charge in [0, 0.05) is 18.6 Å². The lowest BCUT2D eigenvalue weighted by Gasteiger charge is -2.30. The van der Waals surface area contributed by atoms with Crippen molar-refractivity contribution in [2.45, 2.75) is 44.2 Å². The van der Waals surface area contributed by atoms with Crippen LogP contribution in [0.3, 0.4) is 0 Å². The van der Waals surface area contributed by atoms with Gasteiger partial charge in [-0.2, -0.15) is 0 Å². The van der Waals surface area contributed by atoms with E-state index in [1.54, 1.807) is 6.20 Å². The summed E-state index contributed by atoms with van der Waals surface area (Å²) >= 11 is 1.19. The first kappa shape index (κ1) is 12.0. The number of hydrogen-bond acceptors (Lipinski definition) is 5. The van der Waals surface area contributed by atoms with Gasteiger partial charge in [-0.25, -0.2) is 0 Å². The number of amides is 1. The smallest absolute Gasteiger partial charge is 0.267 e. The van der Waals surface area contributed by atoms with Crippen LogP contribution in [0.1, 0.15) is 41.8 Å². The van der Waals surface area contributed by atoms with E-state index >= 15 is 0 Å². The van der Waals surface area contributed by atoms with Crippen molar-refractivity contribution in [3.8, 4) is 0 Å². The number of rotatable bonds is 4. The Hall–Kier alpha value is -1.01. The monoisotopic (exact) mass is 266 g/mol. The Balaban J connectivity index is 1.66. The molecule has 0 radical (unpaired) electrons. The minimum absolute atomic E-state index is 0.111. The van der Waals surface area contributed by atoms with Crippen LogP contribution in [0.4, 0.5) is 0 Å². The SMILES string of the molecule is O=C(c1cnns1)N(CC1CCCCN1)C1CC1. The first-order chi connectivity index (χ1) is 8.84. The fourth-order valence-electron chi connectivity index (χ4n) is 2.50. The molecule has 6 heteroatoms. The van der Waals surface area contributed by atoms with Gasteiger partial charge in [0.25, 0.3) is 5.91 Å². The molecule has 2 heterocycles. The average molecular weight is 266 g/mol. The maximum atomic E-state index is 12.4. The molecule has 1 unspecified atom stereocenters. The maximum Gasteiger partial charge on any atom is 0.267 e. The lowest BCUT2D eigenvalue weighted by molar-refractivity contribution is 0.0722. The fraction of sp³-hybridized carbons (Fsp3) is 0.750. The Morgan fingerprint density at radius 3 is 2.94 bits per heavy atom. The Morgan fingerprint density at radius 1 is 1.44 bits per heavy atom. The lowest BCUT2D eigenvalue weighted by Crippen LogP contribution is -2.46. The lowest BCUT2D eigenvalue weighted by atomic mass is 10.0. The molecule has 1 saturated heterocycles. The van der Waals surface area contributed by atoms with Crippen molar-refractivity contribution in [3.05, 3.63) is 11.1 Å². The van der Waals surface area contributed by atoms with E-state index in [1.165, 1.54) is 30.8 Å². The third-order valence-electron chi connectivity index (χ3n) is 3.65. The molecule has 5 nitrogen and oxygen atoms in total. The van der Waals surface area contributed by atoms with Crippen LogP contribution in [0.15, 0.2) is 6.20 Å². The number of carbonyl (C=O) groups excluding carboxylic acids is 1. The highest BCUT2D eigenvalue weighted by molar-refractivity contribution is 7.07. The van der Waals surface area contributed by atoms with Crippen LogP contribution in [-0.2, 0) is 0 Å². The fourth-order valence-corrected chi connectivity index (χ4v) is 2.98. The minimum atomic E-state index is 0.111. The molecule has 0 spiro atoms. The van der Waals surface area contributed by atoms with E-state index in [0.29, 0.717) is 17.0 Å². The van der Waals surface area contributed by atoms with Gasteiger partial charge in [0.1, 0.15) is 4.88 Å². The van der Waals surface area contributed by atoms with Crippen molar-refractivity contribution in [2.75, 3.05) is 13.1 Å². The first-order valence-corrected chi connectivity index (χ1v) is 7.43. The van der Waals surface area contributed by atoms with E-state index in [1.807, 2.05) is 4.90 Å². The second kappa shape index (κ2) is 5.32. The number of carbonyl (C=O) groups is 1. The summed E-state index contributed by atoms with van der Waals surface area (Å²) in [6.07, 6.45) is 7.57. The molecular weight excluding hydrogens is 248 g/mol. The van der Waals surface area contributed by atoms with Gasteiger partial charge in [-0.05, 0) is 43.8 Å². The first-order valence-electron chi connectivity index (χ1n) is 6.66. The minimum Gasteiger partial charge on any atom is -0.333 e. The Kier molecular flexibility index (Phi) is 3.56. The Morgan fingerprint density at radius 2 is 2.33 bits per heavy atom. The molecule has 1 N–H and O–H groups in total. The molecule has 98 valence electrons. The molecule has 3 rings (SSSR count). The van der Waals surface area contributed by atoms with Gasteiger partial charge < -0.3 is 10.2 Å². The zero-order chi connectivity index (χ0) is 12.4. The van der Waals surface area contributed by atoms with Crippen LogP contribution < -0.4 is 5.32 Å². The molecule has 2 fully saturated rings. The summed E-state index contributed by atoms with van der Waals surface area (Å²) in [5.74, 6) is 0.111. The predicted molar refractivity (Wildman–Crippen MR) is 69.6 cm³/mol. The van der Waals surface area contributed by atoms with Crippen LogP contribution in [0.25, 0.3) is 0 Å². The summed E-state index contributed by atoms with van der Waals surface area (Å²) in [4.78, 5) is 15.1. The second-order valence-corrected chi connectivity index (χ2v) is 5.90. The predicted octanol–water partition coefficient (Wildman–Crippen LogP) is 1.28. The van der Waals surface area contributed by atoms with Crippen LogP contribution in [0.5, 0.6) is 0 Å². The third kappa shape index (κ3) is 2.70. The van der Waals surface area contributed by atoms with Gasteiger partial charge in [0.2, 0.25) is 0 Å². The van der Waals surface area contributed by atoms with E-state index in [2.05, 4.69) is 14.9 Å². The van der Waals surface area contributed by atoms with Crippen molar-refractivity contribution in [2.24, 2.45) is 0 Å². The van der Waals surface area contributed by atoms with Crippen molar-refractivity contribution >= 4 is 17.4 Å². The number of nitrogens with one attached hydrogen (secondary N) is 1. The summed E-state index contributed by atoms with van der Waals surface area (Å²) in [7, 11) is 0. The quantitative estimate of drug-likeness (QED) is 0.892. The van der Waals surface area contributed by atoms with E-state index in [9.17, 15) is 4.79 Å². The van der Waals surface area contributed by atoms with Gasteiger partial charge in [0.15, 0.2) is 0 Å². The van der Waals surface area contributed by atoms with Gasteiger partial charge in [-0.15, -0.1) is 5.10 Å². The summed E-state index contributed by atoms with van der Waals surface area (Å²) in [6, 6.07) is 0.910. The highest BCUT2D eigenvalue weighted by Crippen LogP contribution is 2.29. The van der Waals surface area contributed by atoms with Crippen molar-refractivity contribution < 1.29 is 4.79 Å². The average Bonchev–Trinajstić information content (AvgIpc) is 3.10. The zero-order valence-corrected chi connectivity index (χ0v) is 11.2. The van der Waals surface area contributed by atoms with Gasteiger partial charge >= 0.3 is 0 Å². The highest BCUT2D eigenvalue weighted by Gasteiger charge is 2.35. The normalized spacial score (nSPS) is 23.9. The molecule has 2 aliphatic rings. The van der Waals surface area contributed by atoms with Crippen molar-refractivity contribution in [3.63, 3.8) is 0 Å². The van der Waals surface area contributed by atoms with Crippen molar-refractivity contribution in [1.82, 2.24) is 19.8 Å². The molecule has 1 aliphatic carbocycles. The van der Waals surface area contributed by atoms with Gasteiger partial charge in [-0.3, -0.25) is 4.79 Å². The van der Waals surface area contributed by atoms with Crippen LogP contribution in [0.2, 0.25) is 0 Å². The molecule has 1 aromatic heterocycles. The van der Waals surface area contributed by atoms with Gasteiger partial charge in [-0.1, -0.05) is 10.9 Å². The summed E-state index contributed by atoms with van der Waals surface area (Å²) in [5, 5.41) is 7.27. The number of nitrogens with zero attached hydrogens (tertiary/aromatic N) is 3. The molecule has 1 atom stereocenters. The highest BCUT2D eigenvalue weighted by atomic mass is 32.1. The maximum absolute atomic E-state index is 12.4.